The van der Waals surface area contributed by atoms with Crippen LogP contribution in [0.1, 0.15) is 35.7 Å². The van der Waals surface area contributed by atoms with Gasteiger partial charge in [0.05, 0.1) is 5.41 Å². The molecule has 1 fully saturated rings. The van der Waals surface area contributed by atoms with Crippen molar-refractivity contribution in [2.45, 2.75) is 26.2 Å². The van der Waals surface area contributed by atoms with Crippen molar-refractivity contribution in [1.82, 2.24) is 15.2 Å². The number of pyridine rings is 1. The van der Waals surface area contributed by atoms with Gasteiger partial charge in [0.15, 0.2) is 0 Å². The largest absolute Gasteiger partial charge is 0.356 e. The van der Waals surface area contributed by atoms with Crippen molar-refractivity contribution in [2.75, 3.05) is 19.6 Å². The number of piperidine rings is 1. The molecule has 0 radical (unpaired) electrons. The summed E-state index contributed by atoms with van der Waals surface area (Å²) in [5.74, 6) is -0.740. The highest BCUT2D eigenvalue weighted by Gasteiger charge is 2.43. The van der Waals surface area contributed by atoms with Gasteiger partial charge in [-0.05, 0) is 73.2 Å². The molecule has 1 atom stereocenters. The van der Waals surface area contributed by atoms with Gasteiger partial charge in [-0.3, -0.25) is 14.6 Å². The van der Waals surface area contributed by atoms with Gasteiger partial charge in [-0.1, -0.05) is 30.3 Å². The number of nitrogens with zero attached hydrogens (tertiary/aromatic N) is 2. The molecule has 1 N–H and O–H groups in total. The van der Waals surface area contributed by atoms with Crippen LogP contribution in [0.15, 0.2) is 73.1 Å². The van der Waals surface area contributed by atoms with E-state index < -0.39 is 11.2 Å². The summed E-state index contributed by atoms with van der Waals surface area (Å²) >= 11 is 0. The van der Waals surface area contributed by atoms with Crippen molar-refractivity contribution in [2.24, 2.45) is 5.41 Å². The van der Waals surface area contributed by atoms with E-state index in [0.717, 1.165) is 16.7 Å². The van der Waals surface area contributed by atoms with E-state index in [9.17, 15) is 14.0 Å². The minimum atomic E-state index is -0.764. The number of rotatable bonds is 6. The third-order valence-electron chi connectivity index (χ3n) is 6.29. The van der Waals surface area contributed by atoms with E-state index in [1.165, 1.54) is 18.2 Å². The van der Waals surface area contributed by atoms with Crippen LogP contribution in [-0.2, 0) is 11.2 Å². The Bertz CT molecular complexity index is 1130. The molecule has 2 aromatic carbocycles. The Hall–Kier alpha value is -3.54. The minimum absolute atomic E-state index is 0.0497. The quantitative estimate of drug-likeness (QED) is 0.608. The van der Waals surface area contributed by atoms with Crippen molar-refractivity contribution in [3.63, 3.8) is 0 Å². The smallest absolute Gasteiger partial charge is 0.253 e. The molecule has 170 valence electrons. The molecule has 0 saturated carbocycles. The molecule has 3 aromatic rings. The first kappa shape index (κ1) is 22.6. The third-order valence-corrected chi connectivity index (χ3v) is 6.29. The summed E-state index contributed by atoms with van der Waals surface area (Å²) in [5.41, 5.74) is 2.68. The fraction of sp³-hybridized carbons (Fsp3) is 0.296. The second-order valence-corrected chi connectivity index (χ2v) is 8.55. The lowest BCUT2D eigenvalue weighted by atomic mass is 9.73. The van der Waals surface area contributed by atoms with E-state index in [1.54, 1.807) is 23.4 Å². The Morgan fingerprint density at radius 2 is 1.88 bits per heavy atom. The Labute approximate surface area is 193 Å². The van der Waals surface area contributed by atoms with Crippen LogP contribution < -0.4 is 5.32 Å². The van der Waals surface area contributed by atoms with E-state index in [1.807, 2.05) is 37.3 Å². The monoisotopic (exact) mass is 445 g/mol. The van der Waals surface area contributed by atoms with E-state index in [0.29, 0.717) is 44.5 Å². The van der Waals surface area contributed by atoms with Gasteiger partial charge in [-0.15, -0.1) is 0 Å². The van der Waals surface area contributed by atoms with E-state index in [-0.39, 0.29) is 11.8 Å². The van der Waals surface area contributed by atoms with Crippen LogP contribution in [0.4, 0.5) is 4.39 Å². The first-order valence-electron chi connectivity index (χ1n) is 11.3. The predicted molar refractivity (Wildman–Crippen MR) is 126 cm³/mol. The fourth-order valence-corrected chi connectivity index (χ4v) is 4.72. The van der Waals surface area contributed by atoms with Crippen LogP contribution in [0.2, 0.25) is 0 Å². The summed E-state index contributed by atoms with van der Waals surface area (Å²) in [5, 5.41) is 3.00. The number of nitrogens with one attached hydrogen (secondary N) is 1. The molecule has 6 heteroatoms. The topological polar surface area (TPSA) is 62.3 Å². The lowest BCUT2D eigenvalue weighted by Crippen LogP contribution is -2.54. The first-order chi connectivity index (χ1) is 16.0. The molecule has 0 spiro atoms. The number of likely N-dealkylation sites (tertiary alicyclic amines) is 1. The highest BCUT2D eigenvalue weighted by Crippen LogP contribution is 2.37. The molecule has 0 aliphatic carbocycles. The Morgan fingerprint density at radius 1 is 1.09 bits per heavy atom. The maximum absolute atomic E-state index is 13.7. The van der Waals surface area contributed by atoms with Crippen molar-refractivity contribution < 1.29 is 14.0 Å². The van der Waals surface area contributed by atoms with E-state index in [2.05, 4.69) is 16.4 Å². The van der Waals surface area contributed by atoms with E-state index >= 15 is 0 Å². The molecule has 5 nitrogen and oxygen atoms in total. The zero-order chi connectivity index (χ0) is 23.3. The Balaban J connectivity index is 1.68. The number of hydrogen-bond acceptors (Lipinski definition) is 3. The summed E-state index contributed by atoms with van der Waals surface area (Å²) in [6.07, 6.45) is 5.40. The van der Waals surface area contributed by atoms with Crippen LogP contribution >= 0.6 is 0 Å². The van der Waals surface area contributed by atoms with Gasteiger partial charge in [-0.2, -0.15) is 0 Å². The van der Waals surface area contributed by atoms with Crippen molar-refractivity contribution >= 4 is 11.8 Å². The predicted octanol–water partition coefficient (Wildman–Crippen LogP) is 4.49. The molecule has 1 aromatic heterocycles. The van der Waals surface area contributed by atoms with Crippen LogP contribution in [0, 0.1) is 11.2 Å². The SMILES string of the molecule is CCNC(=O)C1(Cc2ccccc2-c2ccncc2)CCCN(C(=O)c2cccc(F)c2)C1. The van der Waals surface area contributed by atoms with E-state index in [4.69, 9.17) is 0 Å². The minimum Gasteiger partial charge on any atom is -0.356 e. The van der Waals surface area contributed by atoms with Crippen molar-refractivity contribution in [1.29, 1.82) is 0 Å². The highest BCUT2D eigenvalue weighted by molar-refractivity contribution is 5.95. The van der Waals surface area contributed by atoms with Crippen LogP contribution in [0.3, 0.4) is 0 Å². The number of hydrogen-bond donors (Lipinski definition) is 1. The van der Waals surface area contributed by atoms with Gasteiger partial charge in [0.1, 0.15) is 5.82 Å². The standard InChI is InChI=1S/C27H28FN3O2/c1-2-30-26(33)27(18-22-7-3-4-10-24(22)20-11-14-29-15-12-20)13-6-16-31(19-27)25(32)21-8-5-9-23(28)17-21/h3-5,7-12,14-15,17H,2,6,13,16,18-19H2,1H3,(H,30,33). The molecule has 0 bridgehead atoms. The summed E-state index contributed by atoms with van der Waals surface area (Å²) in [6, 6.07) is 17.7. The van der Waals surface area contributed by atoms with Crippen molar-refractivity contribution in [3.8, 4) is 11.1 Å². The molecular formula is C27H28FN3O2. The maximum Gasteiger partial charge on any atom is 0.253 e. The van der Waals surface area contributed by atoms with Gasteiger partial charge in [-0.25, -0.2) is 4.39 Å². The second kappa shape index (κ2) is 9.94. The van der Waals surface area contributed by atoms with Gasteiger partial charge in [0.2, 0.25) is 5.91 Å². The number of carbonyl (C=O) groups is 2. The number of aromatic nitrogens is 1. The molecule has 1 aliphatic heterocycles. The molecule has 2 amide bonds. The molecule has 4 rings (SSSR count). The average molecular weight is 446 g/mol. The van der Waals surface area contributed by atoms with Gasteiger partial charge in [0, 0.05) is 37.6 Å². The lowest BCUT2D eigenvalue weighted by Gasteiger charge is -2.42. The second-order valence-electron chi connectivity index (χ2n) is 8.55. The summed E-state index contributed by atoms with van der Waals surface area (Å²) < 4.78 is 13.7. The molecule has 1 saturated heterocycles. The zero-order valence-electron chi connectivity index (χ0n) is 18.8. The van der Waals surface area contributed by atoms with Crippen molar-refractivity contribution in [3.05, 3.63) is 90.0 Å². The fourth-order valence-electron chi connectivity index (χ4n) is 4.72. The molecular weight excluding hydrogens is 417 g/mol. The molecule has 1 aliphatic rings. The zero-order valence-corrected chi connectivity index (χ0v) is 18.8. The summed E-state index contributed by atoms with van der Waals surface area (Å²) in [4.78, 5) is 32.4. The molecule has 1 unspecified atom stereocenters. The lowest BCUT2D eigenvalue weighted by molar-refractivity contribution is -0.133. The summed E-state index contributed by atoms with van der Waals surface area (Å²) in [7, 11) is 0. The normalized spacial score (nSPS) is 18.1. The number of halogens is 1. The number of amides is 2. The number of benzene rings is 2. The maximum atomic E-state index is 13.7. The van der Waals surface area contributed by atoms with Crippen LogP contribution in [-0.4, -0.2) is 41.3 Å². The Morgan fingerprint density at radius 3 is 2.64 bits per heavy atom. The average Bonchev–Trinajstić information content (AvgIpc) is 2.85. The van der Waals surface area contributed by atoms with Crippen LogP contribution in [0.5, 0.6) is 0 Å². The third kappa shape index (κ3) is 4.95. The summed E-state index contributed by atoms with van der Waals surface area (Å²) in [6.45, 7) is 3.25. The van der Waals surface area contributed by atoms with Crippen LogP contribution in [0.25, 0.3) is 11.1 Å². The van der Waals surface area contributed by atoms with Gasteiger partial charge < -0.3 is 10.2 Å². The first-order valence-corrected chi connectivity index (χ1v) is 11.3. The molecule has 2 heterocycles. The highest BCUT2D eigenvalue weighted by atomic mass is 19.1. The van der Waals surface area contributed by atoms with Gasteiger partial charge >= 0.3 is 0 Å². The van der Waals surface area contributed by atoms with Gasteiger partial charge in [0.25, 0.3) is 5.91 Å². The Kier molecular flexibility index (Phi) is 6.82. The molecule has 33 heavy (non-hydrogen) atoms. The number of carbonyl (C=O) groups excluding carboxylic acids is 2.